The van der Waals surface area contributed by atoms with Crippen LogP contribution >= 0.6 is 11.8 Å². The molecule has 1 aromatic heterocycles. The Balaban J connectivity index is 1.90. The van der Waals surface area contributed by atoms with Crippen molar-refractivity contribution in [2.75, 3.05) is 12.3 Å². The number of carboxylic acids is 1. The van der Waals surface area contributed by atoms with Gasteiger partial charge in [0.15, 0.2) is 5.16 Å². The molecule has 0 radical (unpaired) electrons. The Bertz CT molecular complexity index is 672. The highest BCUT2D eigenvalue weighted by Crippen LogP contribution is 2.26. The SMILES string of the molecule is CC1C(C(=O)O)CCN1C(=O)c1cnc2n(c1=O)CCS2. The monoisotopic (exact) mass is 309 g/mol. The van der Waals surface area contributed by atoms with Crippen LogP contribution in [0.1, 0.15) is 23.7 Å². The molecule has 0 bridgehead atoms. The van der Waals surface area contributed by atoms with E-state index in [1.165, 1.54) is 27.4 Å². The normalized spacial score (nSPS) is 24.1. The van der Waals surface area contributed by atoms with Crippen molar-refractivity contribution in [3.05, 3.63) is 22.1 Å². The second kappa shape index (κ2) is 5.18. The average Bonchev–Trinajstić information content (AvgIpc) is 3.05. The fraction of sp³-hybridized carbons (Fsp3) is 0.538. The molecule has 0 spiro atoms. The fourth-order valence-corrected chi connectivity index (χ4v) is 3.79. The molecule has 0 aliphatic carbocycles. The van der Waals surface area contributed by atoms with Gasteiger partial charge in [0.1, 0.15) is 5.56 Å². The number of likely N-dealkylation sites (tertiary alicyclic amines) is 1. The number of hydrogen-bond donors (Lipinski definition) is 1. The Hall–Kier alpha value is -1.83. The maximum absolute atomic E-state index is 12.5. The van der Waals surface area contributed by atoms with Gasteiger partial charge >= 0.3 is 5.97 Å². The summed E-state index contributed by atoms with van der Waals surface area (Å²) in [6.07, 6.45) is 1.73. The Morgan fingerprint density at radius 3 is 2.86 bits per heavy atom. The Morgan fingerprint density at radius 1 is 1.43 bits per heavy atom. The van der Waals surface area contributed by atoms with E-state index in [1.807, 2.05) is 0 Å². The molecule has 2 atom stereocenters. The molecule has 1 fully saturated rings. The van der Waals surface area contributed by atoms with E-state index < -0.39 is 23.8 Å². The van der Waals surface area contributed by atoms with Gasteiger partial charge in [0.2, 0.25) is 0 Å². The lowest BCUT2D eigenvalue weighted by atomic mass is 10.0. The number of aliphatic carboxylic acids is 1. The molecular weight excluding hydrogens is 294 g/mol. The molecule has 7 nitrogen and oxygen atoms in total. The van der Waals surface area contributed by atoms with Gasteiger partial charge in [0.05, 0.1) is 5.92 Å². The maximum atomic E-state index is 12.5. The van der Waals surface area contributed by atoms with Crippen molar-refractivity contribution < 1.29 is 14.7 Å². The highest BCUT2D eigenvalue weighted by molar-refractivity contribution is 7.99. The van der Waals surface area contributed by atoms with E-state index in [4.69, 9.17) is 5.11 Å². The predicted molar refractivity (Wildman–Crippen MR) is 75.5 cm³/mol. The third kappa shape index (κ3) is 2.23. The Morgan fingerprint density at radius 2 is 2.19 bits per heavy atom. The lowest BCUT2D eigenvalue weighted by Gasteiger charge is -2.23. The molecule has 112 valence electrons. The van der Waals surface area contributed by atoms with Crippen molar-refractivity contribution in [3.63, 3.8) is 0 Å². The summed E-state index contributed by atoms with van der Waals surface area (Å²) in [5, 5.41) is 9.75. The Kier molecular flexibility index (Phi) is 3.48. The first-order valence-electron chi connectivity index (χ1n) is 6.77. The zero-order valence-corrected chi connectivity index (χ0v) is 12.3. The van der Waals surface area contributed by atoms with Crippen LogP contribution in [0.3, 0.4) is 0 Å². The van der Waals surface area contributed by atoms with Crippen molar-refractivity contribution in [2.24, 2.45) is 5.92 Å². The van der Waals surface area contributed by atoms with E-state index in [2.05, 4.69) is 4.98 Å². The van der Waals surface area contributed by atoms with Crippen molar-refractivity contribution >= 4 is 23.6 Å². The summed E-state index contributed by atoms with van der Waals surface area (Å²) in [6, 6.07) is -0.415. The molecule has 21 heavy (non-hydrogen) atoms. The van der Waals surface area contributed by atoms with Gasteiger partial charge in [-0.15, -0.1) is 0 Å². The smallest absolute Gasteiger partial charge is 0.308 e. The van der Waals surface area contributed by atoms with Crippen molar-refractivity contribution in [1.29, 1.82) is 0 Å². The highest BCUT2D eigenvalue weighted by atomic mass is 32.2. The number of rotatable bonds is 2. The summed E-state index contributed by atoms with van der Waals surface area (Å²) in [4.78, 5) is 41.6. The molecule has 8 heteroatoms. The van der Waals surface area contributed by atoms with E-state index >= 15 is 0 Å². The minimum atomic E-state index is -0.905. The number of aromatic nitrogens is 2. The van der Waals surface area contributed by atoms with E-state index in [9.17, 15) is 14.4 Å². The molecule has 0 saturated carbocycles. The minimum Gasteiger partial charge on any atom is -0.481 e. The van der Waals surface area contributed by atoms with Crippen LogP contribution in [0.5, 0.6) is 0 Å². The second-order valence-corrected chi connectivity index (χ2v) is 6.29. The number of hydrogen-bond acceptors (Lipinski definition) is 5. The molecule has 0 aromatic carbocycles. The van der Waals surface area contributed by atoms with Gasteiger partial charge in [-0.25, -0.2) is 4.98 Å². The fourth-order valence-electron chi connectivity index (χ4n) is 2.88. The first-order valence-corrected chi connectivity index (χ1v) is 7.75. The van der Waals surface area contributed by atoms with Crippen molar-refractivity contribution in [2.45, 2.75) is 31.1 Å². The van der Waals surface area contributed by atoms with E-state index in [1.54, 1.807) is 6.92 Å². The molecule has 2 aliphatic heterocycles. The summed E-state index contributed by atoms with van der Waals surface area (Å²) < 4.78 is 1.51. The van der Waals surface area contributed by atoms with Gasteiger partial charge in [-0.3, -0.25) is 19.0 Å². The highest BCUT2D eigenvalue weighted by Gasteiger charge is 2.39. The first kappa shape index (κ1) is 14.1. The maximum Gasteiger partial charge on any atom is 0.308 e. The number of carboxylic acid groups (broad SMARTS) is 1. The van der Waals surface area contributed by atoms with E-state index in [-0.39, 0.29) is 11.1 Å². The van der Waals surface area contributed by atoms with E-state index in [0.29, 0.717) is 24.7 Å². The van der Waals surface area contributed by atoms with Crippen molar-refractivity contribution in [1.82, 2.24) is 14.5 Å². The lowest BCUT2D eigenvalue weighted by Crippen LogP contribution is -2.41. The molecule has 2 aliphatic rings. The van der Waals surface area contributed by atoms with Crippen LogP contribution in [-0.2, 0) is 11.3 Å². The van der Waals surface area contributed by atoms with Crippen molar-refractivity contribution in [3.8, 4) is 0 Å². The molecule has 1 aromatic rings. The molecule has 2 unspecified atom stereocenters. The van der Waals surface area contributed by atoms with Gasteiger partial charge in [0.25, 0.3) is 11.5 Å². The molecule has 1 saturated heterocycles. The summed E-state index contributed by atoms with van der Waals surface area (Å²) in [5.74, 6) is -1.12. The minimum absolute atomic E-state index is 0.0270. The predicted octanol–water partition coefficient (Wildman–Crippen LogP) is 0.284. The first-order chi connectivity index (χ1) is 10.0. The average molecular weight is 309 g/mol. The van der Waals surface area contributed by atoms with Crippen LogP contribution in [0.4, 0.5) is 0 Å². The molecule has 1 amide bonds. The zero-order chi connectivity index (χ0) is 15.1. The Labute approximate surface area is 125 Å². The lowest BCUT2D eigenvalue weighted by molar-refractivity contribution is -0.142. The molecular formula is C13H15N3O4S. The van der Waals surface area contributed by atoms with Crippen LogP contribution < -0.4 is 5.56 Å². The quantitative estimate of drug-likeness (QED) is 0.789. The number of nitrogens with zero attached hydrogens (tertiary/aromatic N) is 3. The van der Waals surface area contributed by atoms with Crippen LogP contribution in [0, 0.1) is 5.92 Å². The van der Waals surface area contributed by atoms with Crippen LogP contribution in [0.25, 0.3) is 0 Å². The number of thioether (sulfide) groups is 1. The molecule has 3 heterocycles. The third-order valence-electron chi connectivity index (χ3n) is 4.12. The van der Waals surface area contributed by atoms with Gasteiger partial charge in [-0.2, -0.15) is 0 Å². The number of carbonyl (C=O) groups is 2. The second-order valence-electron chi connectivity index (χ2n) is 5.23. The van der Waals surface area contributed by atoms with Crippen LogP contribution in [-0.4, -0.2) is 49.8 Å². The van der Waals surface area contributed by atoms with Gasteiger partial charge in [-0.05, 0) is 13.3 Å². The number of amides is 1. The third-order valence-corrected chi connectivity index (χ3v) is 5.09. The topological polar surface area (TPSA) is 92.5 Å². The standard InChI is InChI=1S/C13H15N3O4S/c1-7-8(12(19)20)2-3-15(7)10(17)9-6-14-13-16(11(9)18)4-5-21-13/h6-8H,2-5H2,1H3,(H,19,20). The largest absolute Gasteiger partial charge is 0.481 e. The summed E-state index contributed by atoms with van der Waals surface area (Å²) in [5.41, 5.74) is -0.305. The molecule has 3 rings (SSSR count). The summed E-state index contributed by atoms with van der Waals surface area (Å²) >= 11 is 1.49. The summed E-state index contributed by atoms with van der Waals surface area (Å²) in [7, 11) is 0. The van der Waals surface area contributed by atoms with E-state index in [0.717, 1.165) is 5.75 Å². The van der Waals surface area contributed by atoms with Gasteiger partial charge in [0, 0.05) is 31.1 Å². The van der Waals surface area contributed by atoms with Gasteiger partial charge in [-0.1, -0.05) is 11.8 Å². The zero-order valence-electron chi connectivity index (χ0n) is 11.5. The van der Waals surface area contributed by atoms with Crippen LogP contribution in [0.15, 0.2) is 16.1 Å². The summed E-state index contributed by atoms with van der Waals surface area (Å²) in [6.45, 7) is 2.62. The van der Waals surface area contributed by atoms with Gasteiger partial charge < -0.3 is 10.0 Å². The number of fused-ring (bicyclic) bond motifs is 1. The number of carbonyl (C=O) groups excluding carboxylic acids is 1. The molecule has 1 N–H and O–H groups in total. The van der Waals surface area contributed by atoms with Crippen LogP contribution in [0.2, 0.25) is 0 Å².